The predicted molar refractivity (Wildman–Crippen MR) is 91.1 cm³/mol. The van der Waals surface area contributed by atoms with Crippen molar-refractivity contribution in [2.75, 3.05) is 16.8 Å². The lowest BCUT2D eigenvalue weighted by Crippen LogP contribution is -2.27. The molecule has 128 valence electrons. The van der Waals surface area contributed by atoms with Crippen LogP contribution in [0.2, 0.25) is 0 Å². The van der Waals surface area contributed by atoms with Crippen LogP contribution in [0.5, 0.6) is 0 Å². The first-order valence-corrected chi connectivity index (χ1v) is 8.13. The molecule has 1 unspecified atom stereocenters. The Hall–Kier alpha value is -3.16. The van der Waals surface area contributed by atoms with E-state index in [-0.39, 0.29) is 18.2 Å². The van der Waals surface area contributed by atoms with Gasteiger partial charge in [-0.2, -0.15) is 5.10 Å². The van der Waals surface area contributed by atoms with Crippen LogP contribution >= 0.6 is 0 Å². The third kappa shape index (κ3) is 2.86. The van der Waals surface area contributed by atoms with E-state index >= 15 is 0 Å². The van der Waals surface area contributed by atoms with E-state index < -0.39 is 5.92 Å². The fourth-order valence-electron chi connectivity index (χ4n) is 2.97. The topological polar surface area (TPSA) is 104 Å². The Balaban J connectivity index is 1.48. The highest BCUT2D eigenvalue weighted by atomic mass is 16.3. The highest BCUT2D eigenvalue weighted by Gasteiger charge is 2.35. The van der Waals surface area contributed by atoms with E-state index in [1.807, 2.05) is 6.92 Å². The second kappa shape index (κ2) is 6.04. The standard InChI is InChI=1S/C17H17N5O3/c1-2-15-21-13-6-11(3-4-14(13)25-15)20-17(24)10-5-16(23)22(9-10)12-7-18-19-8-12/h3-4,6-8,10H,2,5,9H2,1H3,(H,18,19)(H,20,24). The molecule has 1 aliphatic heterocycles. The third-order valence-corrected chi connectivity index (χ3v) is 4.29. The number of aryl methyl sites for hydroxylation is 1. The van der Waals surface area contributed by atoms with Gasteiger partial charge in [-0.1, -0.05) is 6.92 Å². The fourth-order valence-corrected chi connectivity index (χ4v) is 2.97. The summed E-state index contributed by atoms with van der Waals surface area (Å²) in [5.41, 5.74) is 2.72. The van der Waals surface area contributed by atoms with E-state index in [0.717, 1.165) is 0 Å². The van der Waals surface area contributed by atoms with Gasteiger partial charge in [0.2, 0.25) is 11.8 Å². The van der Waals surface area contributed by atoms with Crippen molar-refractivity contribution in [3.8, 4) is 0 Å². The van der Waals surface area contributed by atoms with E-state index in [0.29, 0.717) is 41.3 Å². The molecule has 2 amide bonds. The van der Waals surface area contributed by atoms with Crippen molar-refractivity contribution >= 4 is 34.3 Å². The minimum atomic E-state index is -0.401. The van der Waals surface area contributed by atoms with Gasteiger partial charge in [0.1, 0.15) is 5.52 Å². The van der Waals surface area contributed by atoms with Gasteiger partial charge in [-0.15, -0.1) is 0 Å². The zero-order chi connectivity index (χ0) is 17.4. The largest absolute Gasteiger partial charge is 0.441 e. The van der Waals surface area contributed by atoms with Crippen molar-refractivity contribution in [2.45, 2.75) is 19.8 Å². The average molecular weight is 339 g/mol. The molecule has 2 aromatic heterocycles. The molecule has 1 aliphatic rings. The average Bonchev–Trinajstić information content (AvgIpc) is 3.32. The van der Waals surface area contributed by atoms with Gasteiger partial charge in [-0.3, -0.25) is 14.7 Å². The zero-order valence-corrected chi connectivity index (χ0v) is 13.7. The molecule has 25 heavy (non-hydrogen) atoms. The number of hydrogen-bond donors (Lipinski definition) is 2. The molecule has 1 fully saturated rings. The van der Waals surface area contributed by atoms with Crippen molar-refractivity contribution in [1.29, 1.82) is 0 Å². The molecule has 0 spiro atoms. The summed E-state index contributed by atoms with van der Waals surface area (Å²) in [5, 5.41) is 9.38. The summed E-state index contributed by atoms with van der Waals surface area (Å²) >= 11 is 0. The van der Waals surface area contributed by atoms with Crippen molar-refractivity contribution in [3.63, 3.8) is 0 Å². The number of benzene rings is 1. The normalized spacial score (nSPS) is 17.4. The van der Waals surface area contributed by atoms with Gasteiger partial charge < -0.3 is 14.6 Å². The first kappa shape index (κ1) is 15.4. The summed E-state index contributed by atoms with van der Waals surface area (Å²) in [5.74, 6) is -0.00350. The molecule has 1 atom stereocenters. The number of carbonyl (C=O) groups excluding carboxylic acids is 2. The summed E-state index contributed by atoms with van der Waals surface area (Å²) in [6.07, 6.45) is 4.11. The van der Waals surface area contributed by atoms with E-state index in [1.165, 1.54) is 0 Å². The maximum absolute atomic E-state index is 12.5. The molecular weight excluding hydrogens is 322 g/mol. The van der Waals surface area contributed by atoms with Crippen molar-refractivity contribution in [2.24, 2.45) is 5.92 Å². The zero-order valence-electron chi connectivity index (χ0n) is 13.7. The quantitative estimate of drug-likeness (QED) is 0.757. The number of H-pyrrole nitrogens is 1. The Morgan fingerprint density at radius 1 is 1.48 bits per heavy atom. The van der Waals surface area contributed by atoms with Gasteiger partial charge in [0, 0.05) is 31.3 Å². The maximum atomic E-state index is 12.5. The molecule has 0 saturated carbocycles. The van der Waals surface area contributed by atoms with Crippen LogP contribution < -0.4 is 10.2 Å². The summed E-state index contributed by atoms with van der Waals surface area (Å²) in [7, 11) is 0. The van der Waals surface area contributed by atoms with Crippen LogP contribution in [-0.2, 0) is 16.0 Å². The van der Waals surface area contributed by atoms with Crippen LogP contribution in [0, 0.1) is 5.92 Å². The SMILES string of the molecule is CCc1nc2cc(NC(=O)C3CC(=O)N(c4cn[nH]c4)C3)ccc2o1. The number of fused-ring (bicyclic) bond motifs is 1. The summed E-state index contributed by atoms with van der Waals surface area (Å²) in [6, 6.07) is 5.34. The van der Waals surface area contributed by atoms with Crippen LogP contribution in [0.1, 0.15) is 19.2 Å². The first-order valence-electron chi connectivity index (χ1n) is 8.13. The van der Waals surface area contributed by atoms with Crippen molar-refractivity contribution < 1.29 is 14.0 Å². The summed E-state index contributed by atoms with van der Waals surface area (Å²) in [6.45, 7) is 2.31. The number of aromatic amines is 1. The molecule has 4 rings (SSSR count). The molecule has 1 aromatic carbocycles. The first-order chi connectivity index (χ1) is 12.1. The van der Waals surface area contributed by atoms with Crippen LogP contribution in [0.4, 0.5) is 11.4 Å². The number of oxazole rings is 1. The second-order valence-electron chi connectivity index (χ2n) is 5.99. The minimum absolute atomic E-state index is 0.0823. The smallest absolute Gasteiger partial charge is 0.229 e. The Labute approximate surface area is 143 Å². The number of carbonyl (C=O) groups is 2. The van der Waals surface area contributed by atoms with Gasteiger partial charge in [0.25, 0.3) is 0 Å². The molecule has 0 bridgehead atoms. The molecule has 1 saturated heterocycles. The Bertz CT molecular complexity index is 931. The van der Waals surface area contributed by atoms with Crippen LogP contribution in [0.15, 0.2) is 35.0 Å². The lowest BCUT2D eigenvalue weighted by Gasteiger charge is -2.14. The Kier molecular flexibility index (Phi) is 3.72. The highest BCUT2D eigenvalue weighted by molar-refractivity contribution is 6.03. The molecule has 0 radical (unpaired) electrons. The monoisotopic (exact) mass is 339 g/mol. The lowest BCUT2D eigenvalue weighted by molar-refractivity contribution is -0.122. The number of aromatic nitrogens is 3. The van der Waals surface area contributed by atoms with Gasteiger partial charge in [-0.05, 0) is 18.2 Å². The van der Waals surface area contributed by atoms with E-state index in [4.69, 9.17) is 4.42 Å². The molecular formula is C17H17N5O3. The number of nitrogens with one attached hydrogen (secondary N) is 2. The molecule has 3 heterocycles. The number of nitrogens with zero attached hydrogens (tertiary/aromatic N) is 3. The van der Waals surface area contributed by atoms with Gasteiger partial charge in [0.05, 0.1) is 17.8 Å². The molecule has 2 N–H and O–H groups in total. The van der Waals surface area contributed by atoms with Crippen molar-refractivity contribution in [1.82, 2.24) is 15.2 Å². The van der Waals surface area contributed by atoms with Crippen molar-refractivity contribution in [3.05, 3.63) is 36.5 Å². The summed E-state index contributed by atoms with van der Waals surface area (Å²) in [4.78, 5) is 30.6. The number of rotatable bonds is 4. The fraction of sp³-hybridized carbons (Fsp3) is 0.294. The van der Waals surface area contributed by atoms with Crippen LogP contribution in [-0.4, -0.2) is 33.5 Å². The second-order valence-corrected chi connectivity index (χ2v) is 5.99. The Morgan fingerprint density at radius 2 is 2.36 bits per heavy atom. The lowest BCUT2D eigenvalue weighted by atomic mass is 10.1. The van der Waals surface area contributed by atoms with E-state index in [9.17, 15) is 9.59 Å². The maximum Gasteiger partial charge on any atom is 0.229 e. The van der Waals surface area contributed by atoms with Crippen LogP contribution in [0.25, 0.3) is 11.1 Å². The molecule has 0 aliphatic carbocycles. The molecule has 8 nitrogen and oxygen atoms in total. The number of hydrogen-bond acceptors (Lipinski definition) is 5. The van der Waals surface area contributed by atoms with Gasteiger partial charge in [0.15, 0.2) is 11.5 Å². The summed E-state index contributed by atoms with van der Waals surface area (Å²) < 4.78 is 5.56. The highest BCUT2D eigenvalue weighted by Crippen LogP contribution is 2.26. The molecule has 8 heteroatoms. The minimum Gasteiger partial charge on any atom is -0.441 e. The van der Waals surface area contributed by atoms with Gasteiger partial charge >= 0.3 is 0 Å². The van der Waals surface area contributed by atoms with E-state index in [2.05, 4.69) is 20.5 Å². The number of anilines is 2. The Morgan fingerprint density at radius 3 is 3.12 bits per heavy atom. The molecule has 3 aromatic rings. The predicted octanol–water partition coefficient (Wildman–Crippen LogP) is 2.10. The third-order valence-electron chi connectivity index (χ3n) is 4.29. The van der Waals surface area contributed by atoms with E-state index in [1.54, 1.807) is 35.5 Å². The van der Waals surface area contributed by atoms with Gasteiger partial charge in [-0.25, -0.2) is 4.98 Å². The number of amides is 2. The van der Waals surface area contributed by atoms with Crippen LogP contribution in [0.3, 0.4) is 0 Å².